The molecule has 0 bridgehead atoms. The number of benzene rings is 1. The largest absolute Gasteiger partial charge is 0.355 e. The molecule has 0 saturated heterocycles. The average molecular weight is 370 g/mol. The van der Waals surface area contributed by atoms with Crippen molar-refractivity contribution in [1.29, 1.82) is 0 Å². The minimum Gasteiger partial charge on any atom is -0.333 e. The van der Waals surface area contributed by atoms with E-state index < -0.39 is 23.8 Å². The number of hydrogen-bond acceptors (Lipinski definition) is 5. The zero-order valence-electron chi connectivity index (χ0n) is 14.4. The van der Waals surface area contributed by atoms with Crippen molar-refractivity contribution in [2.24, 2.45) is 5.92 Å². The summed E-state index contributed by atoms with van der Waals surface area (Å²) in [5.41, 5.74) is 0.602. The third-order valence-corrected chi connectivity index (χ3v) is 4.82. The lowest BCUT2D eigenvalue weighted by molar-refractivity contribution is -0.150. The molecule has 6 nitrogen and oxygen atoms in total. The van der Waals surface area contributed by atoms with Gasteiger partial charge in [-0.3, -0.25) is 14.5 Å². The Bertz CT molecular complexity index is 902. The van der Waals surface area contributed by atoms with Gasteiger partial charge in [-0.05, 0) is 30.2 Å². The number of imide groups is 1. The smallest absolute Gasteiger partial charge is 0.333 e. The van der Waals surface area contributed by atoms with Gasteiger partial charge in [0, 0.05) is 6.20 Å². The highest BCUT2D eigenvalue weighted by Gasteiger charge is 2.45. The van der Waals surface area contributed by atoms with Crippen molar-refractivity contribution in [3.8, 4) is 0 Å². The number of hydrogen-bond donors (Lipinski definition) is 0. The van der Waals surface area contributed by atoms with Crippen molar-refractivity contribution in [2.45, 2.75) is 26.3 Å². The number of pyridine rings is 1. The van der Waals surface area contributed by atoms with E-state index in [9.17, 15) is 14.4 Å². The van der Waals surface area contributed by atoms with E-state index in [1.54, 1.807) is 49.4 Å². The van der Waals surface area contributed by atoms with Crippen molar-refractivity contribution >= 4 is 30.0 Å². The van der Waals surface area contributed by atoms with Gasteiger partial charge in [0.15, 0.2) is 0 Å². The molecule has 2 aromatic rings. The molecule has 2 amide bonds. The van der Waals surface area contributed by atoms with Crippen LogP contribution in [0.25, 0.3) is 0 Å². The number of carbonyl (C=O) groups excluding carboxylic acids is 3. The van der Waals surface area contributed by atoms with Crippen LogP contribution in [-0.4, -0.2) is 33.5 Å². The molecule has 3 rings (SSSR count). The molecule has 0 N–H and O–H groups in total. The van der Waals surface area contributed by atoms with E-state index in [4.69, 9.17) is 17.1 Å². The topological polar surface area (TPSA) is 68.6 Å². The molecule has 0 unspecified atom stereocenters. The van der Waals surface area contributed by atoms with Gasteiger partial charge in [-0.2, -0.15) is 4.73 Å². The number of carbonyl (C=O) groups is 3. The molecule has 134 valence electrons. The molecule has 1 aliphatic rings. The summed E-state index contributed by atoms with van der Waals surface area (Å²) in [7, 11) is 0. The van der Waals surface area contributed by atoms with Gasteiger partial charge in [0.1, 0.15) is 10.7 Å². The highest BCUT2D eigenvalue weighted by atomic mass is 32.1. The third-order valence-electron chi connectivity index (χ3n) is 4.50. The van der Waals surface area contributed by atoms with Crippen LogP contribution in [0.2, 0.25) is 0 Å². The van der Waals surface area contributed by atoms with E-state index in [0.717, 1.165) is 9.63 Å². The Balaban J connectivity index is 1.96. The molecule has 26 heavy (non-hydrogen) atoms. The van der Waals surface area contributed by atoms with Crippen LogP contribution in [0.3, 0.4) is 0 Å². The van der Waals surface area contributed by atoms with Gasteiger partial charge in [-0.15, -0.1) is 0 Å². The molecule has 0 saturated carbocycles. The van der Waals surface area contributed by atoms with Crippen molar-refractivity contribution in [3.05, 3.63) is 64.4 Å². The van der Waals surface area contributed by atoms with E-state index in [1.807, 2.05) is 6.92 Å². The first kappa shape index (κ1) is 18.0. The van der Waals surface area contributed by atoms with Gasteiger partial charge in [0.25, 0.3) is 11.8 Å². The van der Waals surface area contributed by atoms with Gasteiger partial charge in [-0.1, -0.05) is 50.7 Å². The van der Waals surface area contributed by atoms with Crippen LogP contribution >= 0.6 is 12.2 Å². The molecule has 2 heterocycles. The standard InChI is InChI=1S/C19H18N2O4S/c1-3-12(2)16(19(24)25-20-11-7-6-10-15(20)26)21-17(22)13-8-4-5-9-14(13)18(21)23/h4-12,16H,3H2,1-2H3/t12-,16-/m0/s1. The Morgan fingerprint density at radius 1 is 1.08 bits per heavy atom. The third kappa shape index (κ3) is 3.06. The predicted molar refractivity (Wildman–Crippen MR) is 97.0 cm³/mol. The number of fused-ring (bicyclic) bond motifs is 1. The minimum absolute atomic E-state index is 0.275. The summed E-state index contributed by atoms with van der Waals surface area (Å²) in [5.74, 6) is -1.94. The first-order valence-electron chi connectivity index (χ1n) is 8.32. The first-order chi connectivity index (χ1) is 12.5. The second kappa shape index (κ2) is 7.21. The summed E-state index contributed by atoms with van der Waals surface area (Å²) >= 11 is 5.13. The lowest BCUT2D eigenvalue weighted by atomic mass is 9.97. The van der Waals surface area contributed by atoms with E-state index in [0.29, 0.717) is 22.2 Å². The maximum absolute atomic E-state index is 12.9. The highest BCUT2D eigenvalue weighted by Crippen LogP contribution is 2.28. The average Bonchev–Trinajstić information content (AvgIpc) is 2.89. The first-order valence-corrected chi connectivity index (χ1v) is 8.73. The van der Waals surface area contributed by atoms with E-state index in [1.165, 1.54) is 6.20 Å². The van der Waals surface area contributed by atoms with Crippen LogP contribution in [0.1, 0.15) is 41.0 Å². The molecule has 2 atom stereocenters. The Kier molecular flexibility index (Phi) is 4.99. The van der Waals surface area contributed by atoms with E-state index in [2.05, 4.69) is 0 Å². The van der Waals surface area contributed by atoms with Crippen molar-refractivity contribution in [3.63, 3.8) is 0 Å². The van der Waals surface area contributed by atoms with Crippen molar-refractivity contribution in [1.82, 2.24) is 9.63 Å². The van der Waals surface area contributed by atoms with Gasteiger partial charge in [0.2, 0.25) is 0 Å². The highest BCUT2D eigenvalue weighted by molar-refractivity contribution is 7.71. The summed E-state index contributed by atoms with van der Waals surface area (Å²) in [6.45, 7) is 3.69. The summed E-state index contributed by atoms with van der Waals surface area (Å²) < 4.78 is 1.47. The Morgan fingerprint density at radius 3 is 2.19 bits per heavy atom. The quantitative estimate of drug-likeness (QED) is 0.598. The normalized spacial score (nSPS) is 15.5. The minimum atomic E-state index is -1.03. The predicted octanol–water partition coefficient (Wildman–Crippen LogP) is 2.88. The maximum Gasteiger partial charge on any atom is 0.355 e. The second-order valence-electron chi connectivity index (χ2n) is 6.13. The monoisotopic (exact) mass is 370 g/mol. The Hall–Kier alpha value is -2.80. The number of aromatic nitrogens is 1. The lowest BCUT2D eigenvalue weighted by Gasteiger charge is -2.28. The van der Waals surface area contributed by atoms with Crippen molar-refractivity contribution in [2.75, 3.05) is 0 Å². The summed E-state index contributed by atoms with van der Waals surface area (Å²) in [5, 5.41) is 0. The maximum atomic E-state index is 12.9. The van der Waals surface area contributed by atoms with Gasteiger partial charge >= 0.3 is 5.97 Å². The molecule has 0 fully saturated rings. The van der Waals surface area contributed by atoms with Gasteiger partial charge < -0.3 is 4.84 Å². The Labute approximate surface area is 156 Å². The molecule has 7 heteroatoms. The van der Waals surface area contributed by atoms with Crippen LogP contribution in [0.4, 0.5) is 0 Å². The molecule has 0 aliphatic carbocycles. The SMILES string of the molecule is CC[C@H](C)[C@@H](C(=O)On1ccccc1=S)N1C(=O)c2ccccc2C1=O. The van der Waals surface area contributed by atoms with Gasteiger partial charge in [0.05, 0.1) is 11.1 Å². The summed E-state index contributed by atoms with van der Waals surface area (Å²) in [6.07, 6.45) is 2.10. The molecule has 0 spiro atoms. The number of amides is 2. The number of nitrogens with zero attached hydrogens (tertiary/aromatic N) is 2. The van der Waals surface area contributed by atoms with Crippen molar-refractivity contribution < 1.29 is 19.2 Å². The fourth-order valence-corrected chi connectivity index (χ4v) is 3.09. The van der Waals surface area contributed by atoms with E-state index in [-0.39, 0.29) is 5.92 Å². The Morgan fingerprint density at radius 2 is 1.65 bits per heavy atom. The molecule has 1 aromatic heterocycles. The van der Waals surface area contributed by atoms with Crippen LogP contribution in [0.5, 0.6) is 0 Å². The zero-order chi connectivity index (χ0) is 18.8. The second-order valence-corrected chi connectivity index (χ2v) is 6.55. The fourth-order valence-electron chi connectivity index (χ4n) is 2.91. The summed E-state index contributed by atoms with van der Waals surface area (Å²) in [4.78, 5) is 44.8. The lowest BCUT2D eigenvalue weighted by Crippen LogP contribution is -2.51. The molecular formula is C19H18N2O4S. The molecule has 1 aromatic carbocycles. The van der Waals surface area contributed by atoms with Crippen LogP contribution in [0, 0.1) is 10.6 Å². The fraction of sp³-hybridized carbons (Fsp3) is 0.263. The molecule has 0 radical (unpaired) electrons. The van der Waals surface area contributed by atoms with Crippen LogP contribution in [0.15, 0.2) is 48.7 Å². The van der Waals surface area contributed by atoms with Gasteiger partial charge in [-0.25, -0.2) is 4.79 Å². The zero-order valence-corrected chi connectivity index (χ0v) is 15.2. The molecule has 1 aliphatic heterocycles. The number of rotatable bonds is 5. The van der Waals surface area contributed by atoms with Crippen LogP contribution < -0.4 is 4.84 Å². The van der Waals surface area contributed by atoms with E-state index >= 15 is 0 Å². The summed E-state index contributed by atoms with van der Waals surface area (Å²) in [6, 6.07) is 10.5. The van der Waals surface area contributed by atoms with Crippen LogP contribution in [-0.2, 0) is 4.79 Å². The molecular weight excluding hydrogens is 352 g/mol.